The van der Waals surface area contributed by atoms with E-state index in [9.17, 15) is 14.7 Å². The number of aromatic nitrogens is 2. The molecule has 33 heavy (non-hydrogen) atoms. The van der Waals surface area contributed by atoms with Crippen molar-refractivity contribution in [3.8, 4) is 0 Å². The van der Waals surface area contributed by atoms with Crippen LogP contribution in [0.5, 0.6) is 0 Å². The molecule has 1 saturated heterocycles. The molecule has 6 heteroatoms. The first kappa shape index (κ1) is 20.7. The minimum atomic E-state index is -0.767. The topological polar surface area (TPSA) is 75.4 Å². The number of hydrogen-bond donors (Lipinski definition) is 1. The maximum absolute atomic E-state index is 13.3. The molecule has 1 unspecified atom stereocenters. The molecule has 4 aromatic rings. The Hall–Kier alpha value is -4.19. The summed E-state index contributed by atoms with van der Waals surface area (Å²) in [6.07, 6.45) is 5.88. The number of fused-ring (bicyclic) bond motifs is 1. The fourth-order valence-corrected chi connectivity index (χ4v) is 4.54. The van der Waals surface area contributed by atoms with Gasteiger partial charge in [0, 0.05) is 53.4 Å². The number of Topliss-reactive ketones (excluding diaryl/α,β-unsaturated/α-hetero) is 1. The number of aryl methyl sites for hydroxylation is 2. The van der Waals surface area contributed by atoms with Gasteiger partial charge in [-0.1, -0.05) is 37.3 Å². The Morgan fingerprint density at radius 3 is 2.39 bits per heavy atom. The van der Waals surface area contributed by atoms with Crippen LogP contribution in [0.1, 0.15) is 29.7 Å². The van der Waals surface area contributed by atoms with Gasteiger partial charge in [0.1, 0.15) is 5.76 Å². The van der Waals surface area contributed by atoms with Crippen LogP contribution in [0, 0.1) is 0 Å². The highest BCUT2D eigenvalue weighted by Gasteiger charge is 2.47. The van der Waals surface area contributed by atoms with Crippen molar-refractivity contribution in [2.24, 2.45) is 7.05 Å². The maximum atomic E-state index is 13.3. The number of aliphatic hydroxyl groups is 1. The quantitative estimate of drug-likeness (QED) is 0.284. The summed E-state index contributed by atoms with van der Waals surface area (Å²) in [5.41, 5.74) is 4.01. The molecule has 0 aliphatic carbocycles. The number of para-hydroxylation sites is 1. The molecule has 1 amide bonds. The molecule has 164 valence electrons. The SMILES string of the molecule is CCc1ccc(N2C(=O)C(=O)/C(=C(/O)c3ccncc3)C2c2cn(C)c3ccccc23)cc1. The Balaban J connectivity index is 1.78. The predicted molar refractivity (Wildman–Crippen MR) is 128 cm³/mol. The number of hydrogen-bond acceptors (Lipinski definition) is 4. The smallest absolute Gasteiger partial charge is 0.300 e. The van der Waals surface area contributed by atoms with Crippen LogP contribution < -0.4 is 4.90 Å². The van der Waals surface area contributed by atoms with Crippen molar-refractivity contribution in [3.63, 3.8) is 0 Å². The standard InChI is InChI=1S/C27H23N3O3/c1-3-17-8-10-19(11-9-17)30-24(21-16-29(2)22-7-5-4-6-20(21)22)23(26(32)27(30)33)25(31)18-12-14-28-15-13-18/h4-16,24,31H,3H2,1-2H3/b25-23+. The second-order valence-electron chi connectivity index (χ2n) is 8.14. The van der Waals surface area contributed by atoms with E-state index in [4.69, 9.17) is 0 Å². The minimum Gasteiger partial charge on any atom is -0.507 e. The molecule has 0 bridgehead atoms. The van der Waals surface area contributed by atoms with Crippen LogP contribution in [0.3, 0.4) is 0 Å². The molecule has 1 N–H and O–H groups in total. The minimum absolute atomic E-state index is 0.0714. The van der Waals surface area contributed by atoms with E-state index < -0.39 is 17.7 Å². The number of carbonyl (C=O) groups excluding carboxylic acids is 2. The second kappa shape index (κ2) is 8.06. The van der Waals surface area contributed by atoms with E-state index >= 15 is 0 Å². The normalized spacial score (nSPS) is 17.8. The van der Waals surface area contributed by atoms with Crippen molar-refractivity contribution < 1.29 is 14.7 Å². The van der Waals surface area contributed by atoms with Gasteiger partial charge in [0.05, 0.1) is 11.6 Å². The van der Waals surface area contributed by atoms with Crippen molar-refractivity contribution in [1.82, 2.24) is 9.55 Å². The second-order valence-corrected chi connectivity index (χ2v) is 8.14. The molecule has 1 aliphatic rings. The molecule has 0 radical (unpaired) electrons. The molecule has 1 aliphatic heterocycles. The first-order valence-electron chi connectivity index (χ1n) is 10.9. The predicted octanol–water partition coefficient (Wildman–Crippen LogP) is 4.76. The average Bonchev–Trinajstić information content (AvgIpc) is 3.33. The van der Waals surface area contributed by atoms with Gasteiger partial charge in [-0.15, -0.1) is 0 Å². The Morgan fingerprint density at radius 2 is 1.70 bits per heavy atom. The van der Waals surface area contributed by atoms with E-state index in [0.717, 1.165) is 28.5 Å². The zero-order valence-corrected chi connectivity index (χ0v) is 18.4. The number of amides is 1. The number of benzene rings is 2. The third kappa shape index (κ3) is 3.31. The van der Waals surface area contributed by atoms with Gasteiger partial charge in [-0.3, -0.25) is 19.5 Å². The van der Waals surface area contributed by atoms with Crippen molar-refractivity contribution in [1.29, 1.82) is 0 Å². The molecule has 1 fully saturated rings. The third-order valence-electron chi connectivity index (χ3n) is 6.24. The molecular weight excluding hydrogens is 414 g/mol. The van der Waals surface area contributed by atoms with Crippen LogP contribution >= 0.6 is 0 Å². The zero-order chi connectivity index (χ0) is 23.1. The maximum Gasteiger partial charge on any atom is 0.300 e. The number of ketones is 1. The lowest BCUT2D eigenvalue weighted by Crippen LogP contribution is -2.29. The van der Waals surface area contributed by atoms with Crippen LogP contribution in [0.2, 0.25) is 0 Å². The van der Waals surface area contributed by atoms with Crippen molar-refractivity contribution in [2.75, 3.05) is 4.90 Å². The summed E-state index contributed by atoms with van der Waals surface area (Å²) in [6, 6.07) is 17.9. The Labute approximate surface area is 191 Å². The lowest BCUT2D eigenvalue weighted by molar-refractivity contribution is -0.132. The number of aliphatic hydroxyl groups excluding tert-OH is 1. The summed E-state index contributed by atoms with van der Waals surface area (Å²) in [7, 11) is 1.93. The molecule has 2 aromatic heterocycles. The molecular formula is C27H23N3O3. The van der Waals surface area contributed by atoms with Gasteiger partial charge in [0.2, 0.25) is 0 Å². The number of pyridine rings is 1. The fourth-order valence-electron chi connectivity index (χ4n) is 4.54. The van der Waals surface area contributed by atoms with Crippen LogP contribution in [0.4, 0.5) is 5.69 Å². The third-order valence-corrected chi connectivity index (χ3v) is 6.24. The molecule has 3 heterocycles. The number of nitrogens with zero attached hydrogens (tertiary/aromatic N) is 3. The summed E-state index contributed by atoms with van der Waals surface area (Å²) in [5, 5.41) is 12.1. The average molecular weight is 437 g/mol. The first-order chi connectivity index (χ1) is 16.0. The molecule has 5 rings (SSSR count). The van der Waals surface area contributed by atoms with Crippen molar-refractivity contribution >= 4 is 34.0 Å². The van der Waals surface area contributed by atoms with Crippen molar-refractivity contribution in [2.45, 2.75) is 19.4 Å². The lowest BCUT2D eigenvalue weighted by Gasteiger charge is -2.25. The van der Waals surface area contributed by atoms with Gasteiger partial charge >= 0.3 is 0 Å². The van der Waals surface area contributed by atoms with Gasteiger partial charge in [0.25, 0.3) is 11.7 Å². The fraction of sp³-hybridized carbons (Fsp3) is 0.148. The van der Waals surface area contributed by atoms with Crippen LogP contribution in [0.25, 0.3) is 16.7 Å². The van der Waals surface area contributed by atoms with E-state index in [0.29, 0.717) is 11.3 Å². The largest absolute Gasteiger partial charge is 0.507 e. The van der Waals surface area contributed by atoms with E-state index in [1.165, 1.54) is 4.90 Å². The summed E-state index contributed by atoms with van der Waals surface area (Å²) in [5.74, 6) is -1.57. The van der Waals surface area contributed by atoms with Crippen molar-refractivity contribution in [3.05, 3.63) is 102 Å². The Bertz CT molecular complexity index is 1400. The first-order valence-corrected chi connectivity index (χ1v) is 10.9. The Morgan fingerprint density at radius 1 is 1.00 bits per heavy atom. The zero-order valence-electron chi connectivity index (χ0n) is 18.4. The highest BCUT2D eigenvalue weighted by Crippen LogP contribution is 2.44. The van der Waals surface area contributed by atoms with Gasteiger partial charge in [-0.05, 0) is 42.3 Å². The van der Waals surface area contributed by atoms with E-state index in [-0.39, 0.29) is 11.3 Å². The van der Waals surface area contributed by atoms with Crippen LogP contribution in [-0.4, -0.2) is 26.3 Å². The van der Waals surface area contributed by atoms with E-state index in [1.54, 1.807) is 24.5 Å². The van der Waals surface area contributed by atoms with Gasteiger partial charge in [0.15, 0.2) is 0 Å². The van der Waals surface area contributed by atoms with Gasteiger partial charge in [-0.25, -0.2) is 0 Å². The van der Waals surface area contributed by atoms with E-state index in [2.05, 4.69) is 11.9 Å². The van der Waals surface area contributed by atoms with Crippen LogP contribution in [-0.2, 0) is 23.1 Å². The highest BCUT2D eigenvalue weighted by molar-refractivity contribution is 6.51. The summed E-state index contributed by atoms with van der Waals surface area (Å²) in [4.78, 5) is 32.2. The van der Waals surface area contributed by atoms with Gasteiger partial charge in [-0.2, -0.15) is 0 Å². The summed E-state index contributed by atoms with van der Waals surface area (Å²) in [6.45, 7) is 2.06. The lowest BCUT2D eigenvalue weighted by atomic mass is 9.95. The highest BCUT2D eigenvalue weighted by atomic mass is 16.3. The molecule has 0 saturated carbocycles. The molecule has 0 spiro atoms. The Kier molecular flexibility index (Phi) is 5.05. The monoisotopic (exact) mass is 437 g/mol. The van der Waals surface area contributed by atoms with Crippen LogP contribution in [0.15, 0.2) is 84.8 Å². The van der Waals surface area contributed by atoms with Gasteiger partial charge < -0.3 is 9.67 Å². The molecule has 1 atom stereocenters. The number of anilines is 1. The summed E-state index contributed by atoms with van der Waals surface area (Å²) < 4.78 is 1.97. The molecule has 6 nitrogen and oxygen atoms in total. The van der Waals surface area contributed by atoms with E-state index in [1.807, 2.05) is 66.3 Å². The molecule has 2 aromatic carbocycles. The summed E-state index contributed by atoms with van der Waals surface area (Å²) >= 11 is 0. The number of carbonyl (C=O) groups is 2. The number of rotatable bonds is 4.